The number of hydrogen-bond acceptors (Lipinski definition) is 0. The van der Waals surface area contributed by atoms with E-state index in [4.69, 9.17) is 0 Å². The van der Waals surface area contributed by atoms with E-state index < -0.39 is 16.7 Å². The first-order valence-corrected chi connectivity index (χ1v) is 5.87. The van der Waals surface area contributed by atoms with Gasteiger partial charge in [-0.2, -0.15) is 0 Å². The zero-order chi connectivity index (χ0) is 6.41. The summed E-state index contributed by atoms with van der Waals surface area (Å²) >= 11 is -11.1. The van der Waals surface area contributed by atoms with E-state index in [1.54, 1.807) is 0 Å². The monoisotopic (exact) mass is 441 g/mol. The number of hydrogen-bond donors (Lipinski definition) is 0. The average molecular weight is 440 g/mol. The van der Waals surface area contributed by atoms with Crippen LogP contribution in [0, 0.1) is 48.9 Å². The minimum Gasteiger partial charge on any atom is 0 e. The Balaban J connectivity index is 0. The Morgan fingerprint density at radius 2 is 0.625 bits per heavy atom. The van der Waals surface area contributed by atoms with Crippen LogP contribution < -0.4 is 0 Å². The van der Waals surface area contributed by atoms with Crippen molar-refractivity contribution in [3.63, 3.8) is 0 Å². The van der Waals surface area contributed by atoms with Crippen LogP contribution in [0.1, 0.15) is 0 Å². The van der Waals surface area contributed by atoms with E-state index in [-0.39, 0.29) is 48.9 Å². The molecule has 0 spiro atoms. The molecule has 60 valence electrons. The first-order valence-electron chi connectivity index (χ1n) is 0.717. The molecule has 0 aliphatic carbocycles. The molecule has 0 aliphatic rings. The normalized spacial score (nSPS) is 20.2. The molecule has 0 aliphatic heterocycles. The summed E-state index contributed by atoms with van der Waals surface area (Å²) in [7, 11) is 0. The van der Waals surface area contributed by atoms with Crippen molar-refractivity contribution in [3.05, 3.63) is 0 Å². The summed E-state index contributed by atoms with van der Waals surface area (Å²) in [6.07, 6.45) is 0. The largest absolute Gasteiger partial charge is 0 e. The molecule has 0 radical (unpaired) electrons. The second-order valence-electron chi connectivity index (χ2n) is 0.678. The third-order valence-corrected chi connectivity index (χ3v) is 0. The van der Waals surface area contributed by atoms with Crippen molar-refractivity contribution in [1.82, 2.24) is 0 Å². The minimum atomic E-state index is -11.1. The van der Waals surface area contributed by atoms with Gasteiger partial charge in [-0.05, 0) is 0 Å². The third-order valence-electron chi connectivity index (χ3n) is 0. The second-order valence-corrected chi connectivity index (χ2v) is 5.55. The summed E-state index contributed by atoms with van der Waals surface area (Å²) in [6.45, 7) is 0. The fourth-order valence-corrected chi connectivity index (χ4v) is 0. The fourth-order valence-electron chi connectivity index (χ4n) is 0. The molecule has 0 heterocycles. The van der Waals surface area contributed by atoms with E-state index in [0.29, 0.717) is 0 Å². The second kappa shape index (κ2) is 1.92. The zero-order valence-corrected chi connectivity index (χ0v) is 7.23. The standard InChI is InChI=1S/6FH.Pt.Xe/h6*1H;;/q;;;;;;+6;/p-6. The van der Waals surface area contributed by atoms with Gasteiger partial charge in [0.25, 0.3) is 0 Å². The van der Waals surface area contributed by atoms with Gasteiger partial charge >= 0.3 is 35.7 Å². The van der Waals surface area contributed by atoms with Crippen molar-refractivity contribution in [2.45, 2.75) is 0 Å². The van der Waals surface area contributed by atoms with Crippen LogP contribution >= 0.6 is 0 Å². The molecule has 0 saturated heterocycles. The van der Waals surface area contributed by atoms with E-state index >= 15 is 0 Å². The topological polar surface area (TPSA) is 0 Å². The predicted molar refractivity (Wildman–Crippen MR) is 6.65 cm³/mol. The molecule has 0 bridgehead atoms. The minimum absolute atomic E-state index is 0. The quantitative estimate of drug-likeness (QED) is 0.508. The Hall–Kier alpha value is 1.84. The predicted octanol–water partition coefficient (Wildman–Crippen LogP) is 2.52. The Bertz CT molecular complexity index is 67.1. The van der Waals surface area contributed by atoms with Crippen LogP contribution in [0.15, 0.2) is 0 Å². The van der Waals surface area contributed by atoms with Crippen molar-refractivity contribution in [1.29, 1.82) is 0 Å². The molecule has 0 saturated carbocycles. The van der Waals surface area contributed by atoms with Crippen molar-refractivity contribution >= 4 is 0 Å². The van der Waals surface area contributed by atoms with Crippen LogP contribution in [-0.2, 0) is 16.7 Å². The van der Waals surface area contributed by atoms with Crippen LogP contribution in [-0.4, -0.2) is 0 Å². The van der Waals surface area contributed by atoms with Crippen molar-refractivity contribution in [2.75, 3.05) is 0 Å². The maximum Gasteiger partial charge on any atom is 0 e. The Kier molecular flexibility index (Phi) is 3.00. The molecule has 0 aromatic heterocycles. The molecule has 8 heavy (non-hydrogen) atoms. The average Bonchev–Trinajstić information content (AvgIpc) is 0.592. The zero-order valence-electron chi connectivity index (χ0n) is 2.94. The van der Waals surface area contributed by atoms with Crippen LogP contribution in [0.25, 0.3) is 0 Å². The molecule has 0 aromatic carbocycles. The van der Waals surface area contributed by atoms with Gasteiger partial charge < -0.3 is 0 Å². The molecule has 0 unspecified atom stereocenters. The van der Waals surface area contributed by atoms with E-state index in [2.05, 4.69) is 0 Å². The molecule has 0 aromatic rings. The SMILES string of the molecule is [F][Pt]([F])([F])([F])([F])[F].[Xe]. The van der Waals surface area contributed by atoms with Gasteiger partial charge in [-0.1, -0.05) is 0 Å². The molecule has 0 N–H and O–H groups in total. The Labute approximate surface area is 83.1 Å². The van der Waals surface area contributed by atoms with E-state index in [1.165, 1.54) is 0 Å². The first-order chi connectivity index (χ1) is 2.45. The third kappa shape index (κ3) is 108. The molecule has 8 heteroatoms. The van der Waals surface area contributed by atoms with Crippen LogP contribution in [0.2, 0.25) is 0 Å². The van der Waals surface area contributed by atoms with E-state index in [9.17, 15) is 18.9 Å². The van der Waals surface area contributed by atoms with Gasteiger partial charge in [0.05, 0.1) is 0 Å². The van der Waals surface area contributed by atoms with E-state index in [1.807, 2.05) is 0 Å². The van der Waals surface area contributed by atoms with Gasteiger partial charge in [0.2, 0.25) is 0 Å². The van der Waals surface area contributed by atoms with Crippen molar-refractivity contribution < 1.29 is 84.5 Å². The molecule has 0 amide bonds. The number of rotatable bonds is 0. The van der Waals surface area contributed by atoms with Gasteiger partial charge in [0.15, 0.2) is 0 Å². The van der Waals surface area contributed by atoms with Gasteiger partial charge in [-0.3, -0.25) is 0 Å². The van der Waals surface area contributed by atoms with Gasteiger partial charge in [-0.25, -0.2) is 0 Å². The molecule has 0 rings (SSSR count). The van der Waals surface area contributed by atoms with Gasteiger partial charge in [0, 0.05) is 48.9 Å². The fraction of sp³-hybridized carbons (Fsp3) is 0. The van der Waals surface area contributed by atoms with Crippen LogP contribution in [0.3, 0.4) is 0 Å². The summed E-state index contributed by atoms with van der Waals surface area (Å²) in [4.78, 5) is 0. The van der Waals surface area contributed by atoms with Crippen LogP contribution in [0.4, 0.5) is 18.9 Å². The summed E-state index contributed by atoms with van der Waals surface area (Å²) < 4.78 is 59.5. The van der Waals surface area contributed by atoms with Crippen molar-refractivity contribution in [2.24, 2.45) is 0 Å². The summed E-state index contributed by atoms with van der Waals surface area (Å²) in [5.41, 5.74) is 0. The maximum atomic E-state index is 9.91. The van der Waals surface area contributed by atoms with E-state index in [0.717, 1.165) is 0 Å². The summed E-state index contributed by atoms with van der Waals surface area (Å²) in [6, 6.07) is 0. The van der Waals surface area contributed by atoms with Crippen molar-refractivity contribution in [3.8, 4) is 0 Å². The Morgan fingerprint density at radius 3 is 0.625 bits per heavy atom. The first kappa shape index (κ1) is 12.5. The molecular formula is F6PtXe. The smallest absolute Gasteiger partial charge is 0 e. The van der Waals surface area contributed by atoms with Gasteiger partial charge in [-0.15, -0.1) is 0 Å². The number of halogens is 6. The van der Waals surface area contributed by atoms with Crippen LogP contribution in [0.5, 0.6) is 0 Å². The Morgan fingerprint density at radius 1 is 0.625 bits per heavy atom. The summed E-state index contributed by atoms with van der Waals surface area (Å²) in [5.74, 6) is 0. The molecule has 0 atom stereocenters. The molecule has 0 fully saturated rings. The molecular weight excluding hydrogens is 440 g/mol. The van der Waals surface area contributed by atoms with Gasteiger partial charge in [0.1, 0.15) is 0 Å². The summed E-state index contributed by atoms with van der Waals surface area (Å²) in [5, 5.41) is 0. The molecule has 0 nitrogen and oxygen atoms in total. The maximum absolute atomic E-state index is 11.1.